The molecule has 0 aliphatic carbocycles. The van der Waals surface area contributed by atoms with Crippen molar-refractivity contribution in [2.24, 2.45) is 0 Å². The first-order valence-corrected chi connectivity index (χ1v) is 8.23. The molecule has 0 heterocycles. The largest absolute Gasteiger partial charge is 0.480 e. The van der Waals surface area contributed by atoms with Crippen LogP contribution in [-0.2, 0) is 4.79 Å². The molecule has 132 valence electrons. The predicted octanol–water partition coefficient (Wildman–Crippen LogP) is 3.53. The van der Waals surface area contributed by atoms with E-state index >= 15 is 0 Å². The van der Waals surface area contributed by atoms with Crippen molar-refractivity contribution in [3.8, 4) is 0 Å². The molecule has 0 unspecified atom stereocenters. The molecule has 7 nitrogen and oxygen atoms in total. The maximum absolute atomic E-state index is 12.1. The summed E-state index contributed by atoms with van der Waals surface area (Å²) in [5.41, 5.74) is -0.121. The number of carbonyl (C=O) groups excluding carboxylic acids is 1. The van der Waals surface area contributed by atoms with Gasteiger partial charge in [-0.25, -0.2) is 4.79 Å². The van der Waals surface area contributed by atoms with Gasteiger partial charge in [0, 0.05) is 17.7 Å². The second kappa shape index (κ2) is 10.4. The molecule has 1 atom stereocenters. The van der Waals surface area contributed by atoms with Gasteiger partial charge in [-0.1, -0.05) is 51.5 Å². The molecule has 2 N–H and O–H groups in total. The summed E-state index contributed by atoms with van der Waals surface area (Å²) in [6.45, 7) is 2.13. The molecular formula is C17H24N2O5. The standard InChI is InChI=1S/C17H24N2O5/c1-2-3-4-5-6-7-11-15(17(21)22)18-16(20)13-9-8-10-14(12-13)19(23)24/h8-10,12,15H,2-7,11H2,1H3,(H,18,20)(H,21,22)/t15-/m1/s1. The summed E-state index contributed by atoms with van der Waals surface area (Å²) in [5.74, 6) is -1.71. The Bertz CT molecular complexity index is 574. The lowest BCUT2D eigenvalue weighted by Crippen LogP contribution is -2.40. The van der Waals surface area contributed by atoms with Crippen molar-refractivity contribution in [2.45, 2.75) is 57.9 Å². The molecule has 1 rings (SSSR count). The van der Waals surface area contributed by atoms with Crippen LogP contribution in [0, 0.1) is 10.1 Å². The molecule has 0 aliphatic rings. The molecule has 1 amide bonds. The summed E-state index contributed by atoms with van der Waals surface area (Å²) in [6, 6.07) is 4.26. The molecule has 24 heavy (non-hydrogen) atoms. The predicted molar refractivity (Wildman–Crippen MR) is 90.0 cm³/mol. The van der Waals surface area contributed by atoms with E-state index in [1.54, 1.807) is 0 Å². The molecule has 7 heteroatoms. The highest BCUT2D eigenvalue weighted by atomic mass is 16.6. The quantitative estimate of drug-likeness (QED) is 0.365. The molecule has 0 saturated heterocycles. The second-order valence-electron chi connectivity index (χ2n) is 5.73. The lowest BCUT2D eigenvalue weighted by atomic mass is 10.1. The zero-order chi connectivity index (χ0) is 17.9. The minimum atomic E-state index is -1.10. The van der Waals surface area contributed by atoms with Gasteiger partial charge in [-0.15, -0.1) is 0 Å². The first-order valence-electron chi connectivity index (χ1n) is 8.23. The Hall–Kier alpha value is -2.44. The van der Waals surface area contributed by atoms with Crippen molar-refractivity contribution >= 4 is 17.6 Å². The fourth-order valence-corrected chi connectivity index (χ4v) is 2.39. The fraction of sp³-hybridized carbons (Fsp3) is 0.529. The van der Waals surface area contributed by atoms with E-state index in [0.29, 0.717) is 6.42 Å². The van der Waals surface area contributed by atoms with Crippen molar-refractivity contribution in [3.05, 3.63) is 39.9 Å². The number of hydrogen-bond acceptors (Lipinski definition) is 4. The zero-order valence-corrected chi connectivity index (χ0v) is 13.9. The van der Waals surface area contributed by atoms with E-state index in [1.807, 2.05) is 0 Å². The summed E-state index contributed by atoms with van der Waals surface area (Å²) in [4.78, 5) is 33.5. The number of nitrogens with one attached hydrogen (secondary N) is 1. The van der Waals surface area contributed by atoms with E-state index in [-0.39, 0.29) is 11.3 Å². The third kappa shape index (κ3) is 6.76. The minimum Gasteiger partial charge on any atom is -0.480 e. The molecule has 0 saturated carbocycles. The van der Waals surface area contributed by atoms with Gasteiger partial charge in [0.15, 0.2) is 0 Å². The highest BCUT2D eigenvalue weighted by Gasteiger charge is 2.21. The van der Waals surface area contributed by atoms with Crippen molar-refractivity contribution < 1.29 is 19.6 Å². The highest BCUT2D eigenvalue weighted by Crippen LogP contribution is 2.14. The lowest BCUT2D eigenvalue weighted by molar-refractivity contribution is -0.384. The normalized spacial score (nSPS) is 11.7. The van der Waals surface area contributed by atoms with Crippen LogP contribution in [0.1, 0.15) is 62.2 Å². The molecule has 1 aromatic carbocycles. The maximum atomic E-state index is 12.1. The number of unbranched alkanes of at least 4 members (excludes halogenated alkanes) is 5. The van der Waals surface area contributed by atoms with Gasteiger partial charge in [0.25, 0.3) is 11.6 Å². The van der Waals surface area contributed by atoms with E-state index in [0.717, 1.165) is 38.2 Å². The molecule has 0 aliphatic heterocycles. The summed E-state index contributed by atoms with van der Waals surface area (Å²) in [6.07, 6.45) is 6.50. The van der Waals surface area contributed by atoms with Gasteiger partial charge in [-0.05, 0) is 12.5 Å². The number of nitro groups is 1. The molecule has 0 radical (unpaired) electrons. The molecule has 0 bridgehead atoms. The van der Waals surface area contributed by atoms with Crippen molar-refractivity contribution in [1.29, 1.82) is 0 Å². The summed E-state index contributed by atoms with van der Waals surface area (Å²) in [7, 11) is 0. The fourth-order valence-electron chi connectivity index (χ4n) is 2.39. The Morgan fingerprint density at radius 3 is 2.50 bits per heavy atom. The van der Waals surface area contributed by atoms with Gasteiger partial charge in [0.05, 0.1) is 4.92 Å². The second-order valence-corrected chi connectivity index (χ2v) is 5.73. The average molecular weight is 336 g/mol. The maximum Gasteiger partial charge on any atom is 0.326 e. The van der Waals surface area contributed by atoms with Crippen LogP contribution in [0.2, 0.25) is 0 Å². The van der Waals surface area contributed by atoms with Crippen LogP contribution in [0.15, 0.2) is 24.3 Å². The van der Waals surface area contributed by atoms with Gasteiger partial charge in [-0.3, -0.25) is 14.9 Å². The van der Waals surface area contributed by atoms with E-state index < -0.39 is 22.8 Å². The Labute approximate surface area is 141 Å². The zero-order valence-electron chi connectivity index (χ0n) is 13.9. The molecule has 1 aromatic rings. The highest BCUT2D eigenvalue weighted by molar-refractivity contribution is 5.97. The van der Waals surface area contributed by atoms with Crippen molar-refractivity contribution in [3.63, 3.8) is 0 Å². The van der Waals surface area contributed by atoms with Crippen molar-refractivity contribution in [2.75, 3.05) is 0 Å². The molecule has 0 fully saturated rings. The molecular weight excluding hydrogens is 312 g/mol. The van der Waals surface area contributed by atoms with Crippen molar-refractivity contribution in [1.82, 2.24) is 5.32 Å². The number of aliphatic carboxylic acids is 1. The average Bonchev–Trinajstić information content (AvgIpc) is 2.56. The number of rotatable bonds is 11. The number of nitro benzene ring substituents is 1. The summed E-state index contributed by atoms with van der Waals surface area (Å²) < 4.78 is 0. The monoisotopic (exact) mass is 336 g/mol. The topological polar surface area (TPSA) is 110 Å². The van der Waals surface area contributed by atoms with Crippen LogP contribution < -0.4 is 5.32 Å². The van der Waals surface area contributed by atoms with Crippen LogP contribution in [0.3, 0.4) is 0 Å². The number of non-ortho nitro benzene ring substituents is 1. The van der Waals surface area contributed by atoms with Crippen LogP contribution >= 0.6 is 0 Å². The van der Waals surface area contributed by atoms with Crippen LogP contribution in [0.5, 0.6) is 0 Å². The number of nitrogens with zero attached hydrogens (tertiary/aromatic N) is 1. The SMILES string of the molecule is CCCCCCCC[C@@H](NC(=O)c1cccc([N+](=O)[O-])c1)C(=O)O. The number of carboxylic acids is 1. The number of carboxylic acid groups (broad SMARTS) is 1. The smallest absolute Gasteiger partial charge is 0.326 e. The van der Waals surface area contributed by atoms with E-state index in [9.17, 15) is 24.8 Å². The van der Waals surface area contributed by atoms with Crippen LogP contribution in [0.4, 0.5) is 5.69 Å². The van der Waals surface area contributed by atoms with E-state index in [1.165, 1.54) is 24.6 Å². The Morgan fingerprint density at radius 1 is 1.21 bits per heavy atom. The first-order chi connectivity index (χ1) is 11.5. The van der Waals surface area contributed by atoms with Gasteiger partial charge in [0.1, 0.15) is 6.04 Å². The number of amides is 1. The van der Waals surface area contributed by atoms with Gasteiger partial charge in [-0.2, -0.15) is 0 Å². The third-order valence-corrected chi connectivity index (χ3v) is 3.77. The summed E-state index contributed by atoms with van der Waals surface area (Å²) in [5, 5.41) is 22.4. The molecule has 0 aromatic heterocycles. The minimum absolute atomic E-state index is 0.0818. The first kappa shape index (κ1) is 19.6. The van der Waals surface area contributed by atoms with E-state index in [2.05, 4.69) is 12.2 Å². The number of hydrogen-bond donors (Lipinski definition) is 2. The van der Waals surface area contributed by atoms with Crippen LogP contribution in [-0.4, -0.2) is 27.9 Å². The van der Waals surface area contributed by atoms with Crippen LogP contribution in [0.25, 0.3) is 0 Å². The van der Waals surface area contributed by atoms with Gasteiger partial charge < -0.3 is 10.4 Å². The van der Waals surface area contributed by atoms with E-state index in [4.69, 9.17) is 0 Å². The Balaban J connectivity index is 2.55. The number of benzene rings is 1. The molecule has 0 spiro atoms. The van der Waals surface area contributed by atoms with Gasteiger partial charge in [0.2, 0.25) is 0 Å². The summed E-state index contributed by atoms with van der Waals surface area (Å²) >= 11 is 0. The lowest BCUT2D eigenvalue weighted by Gasteiger charge is -2.14. The Kier molecular flexibility index (Phi) is 8.46. The number of carbonyl (C=O) groups is 2. The Morgan fingerprint density at radius 2 is 1.88 bits per heavy atom. The van der Waals surface area contributed by atoms with Gasteiger partial charge >= 0.3 is 5.97 Å². The third-order valence-electron chi connectivity index (χ3n) is 3.77.